The molecule has 3 saturated heterocycles. The molecule has 4 fully saturated rings. The number of nitrogens with one attached hydrogen (secondary N) is 5. The van der Waals surface area contributed by atoms with E-state index in [2.05, 4.69) is 72.7 Å². The van der Waals surface area contributed by atoms with Crippen molar-refractivity contribution in [1.82, 2.24) is 41.3 Å². The molecule has 7 rings (SSSR count). The molecule has 0 aromatic carbocycles. The molecule has 5 N–H and O–H groups in total. The molecule has 1 aliphatic carbocycles. The highest BCUT2D eigenvalue weighted by Gasteiger charge is 2.42. The third-order valence-electron chi connectivity index (χ3n) is 9.63. The molecule has 208 valence electrons. The SMILES string of the molecule is CN1CCN(c2ccnc3[nH]c(C4NNC5CNC(c6cncc(CNCC7CCCC7)c6)CC54)cc23)CC1. The van der Waals surface area contributed by atoms with E-state index in [1.54, 1.807) is 0 Å². The summed E-state index contributed by atoms with van der Waals surface area (Å²) >= 11 is 0. The fraction of sp³-hybridized carbons (Fsp3) is 0.600. The van der Waals surface area contributed by atoms with E-state index in [9.17, 15) is 0 Å². The third-order valence-corrected chi connectivity index (χ3v) is 9.63. The lowest BCUT2D eigenvalue weighted by molar-refractivity contribution is 0.265. The van der Waals surface area contributed by atoms with E-state index in [-0.39, 0.29) is 6.04 Å². The summed E-state index contributed by atoms with van der Waals surface area (Å²) in [6, 6.07) is 7.79. The van der Waals surface area contributed by atoms with Crippen molar-refractivity contribution in [3.05, 3.63) is 53.6 Å². The van der Waals surface area contributed by atoms with E-state index in [4.69, 9.17) is 4.98 Å². The first-order valence-corrected chi connectivity index (χ1v) is 15.0. The maximum Gasteiger partial charge on any atom is 0.139 e. The van der Waals surface area contributed by atoms with Crippen LogP contribution in [-0.4, -0.2) is 72.2 Å². The number of H-pyrrole nitrogens is 1. The highest BCUT2D eigenvalue weighted by Crippen LogP contribution is 2.40. The van der Waals surface area contributed by atoms with Crippen LogP contribution in [0.2, 0.25) is 0 Å². The van der Waals surface area contributed by atoms with E-state index < -0.39 is 0 Å². The number of hydrazine groups is 1. The number of piperazine rings is 1. The number of likely N-dealkylation sites (N-methyl/N-ethyl adjacent to an activating group) is 1. The largest absolute Gasteiger partial charge is 0.368 e. The minimum Gasteiger partial charge on any atom is -0.368 e. The number of rotatable bonds is 7. The Balaban J connectivity index is 1.05. The van der Waals surface area contributed by atoms with Crippen molar-refractivity contribution in [2.24, 2.45) is 11.8 Å². The molecule has 4 atom stereocenters. The van der Waals surface area contributed by atoms with E-state index in [0.29, 0.717) is 18.0 Å². The molecule has 4 unspecified atom stereocenters. The number of fused-ring (bicyclic) bond motifs is 2. The zero-order valence-corrected chi connectivity index (χ0v) is 23.1. The van der Waals surface area contributed by atoms with Crippen molar-refractivity contribution in [2.75, 3.05) is 51.2 Å². The van der Waals surface area contributed by atoms with Gasteiger partial charge < -0.3 is 25.4 Å². The van der Waals surface area contributed by atoms with Gasteiger partial charge in [-0.2, -0.15) is 0 Å². The number of hydrogen-bond donors (Lipinski definition) is 5. The third kappa shape index (κ3) is 5.30. The highest BCUT2D eigenvalue weighted by atomic mass is 15.4. The summed E-state index contributed by atoms with van der Waals surface area (Å²) in [5.41, 5.74) is 13.3. The Morgan fingerprint density at radius 3 is 2.79 bits per heavy atom. The zero-order valence-electron chi connectivity index (χ0n) is 23.1. The second kappa shape index (κ2) is 11.1. The van der Waals surface area contributed by atoms with Gasteiger partial charge in [-0.25, -0.2) is 10.4 Å². The molecular weight excluding hydrogens is 486 g/mol. The molecule has 9 heteroatoms. The van der Waals surface area contributed by atoms with Crippen LogP contribution in [0, 0.1) is 11.8 Å². The number of pyridine rings is 2. The molecule has 0 radical (unpaired) electrons. The fourth-order valence-electron chi connectivity index (χ4n) is 7.29. The second-order valence-corrected chi connectivity index (χ2v) is 12.2. The molecule has 3 aromatic heterocycles. The summed E-state index contributed by atoms with van der Waals surface area (Å²) in [7, 11) is 2.20. The van der Waals surface area contributed by atoms with E-state index in [1.807, 2.05) is 12.4 Å². The second-order valence-electron chi connectivity index (χ2n) is 12.2. The van der Waals surface area contributed by atoms with Crippen LogP contribution in [0.15, 0.2) is 36.8 Å². The van der Waals surface area contributed by atoms with Crippen LogP contribution in [0.3, 0.4) is 0 Å². The highest BCUT2D eigenvalue weighted by molar-refractivity contribution is 5.90. The standard InChI is InChI=1S/C30H43N9/c1-38-8-10-39(11-9-38)28-6-7-33-30-24(28)14-26(35-30)29-23-13-25(34-19-27(23)36-37-29)22-12-21(17-32-18-22)16-31-15-20-4-2-3-5-20/h6-7,12,14,17-18,20,23,25,27,29,31,34,36-37H,2-5,8-11,13,15-16,19H2,1H3,(H,33,35). The summed E-state index contributed by atoms with van der Waals surface area (Å²) in [4.78, 5) is 17.9. The van der Waals surface area contributed by atoms with Crippen molar-refractivity contribution in [3.63, 3.8) is 0 Å². The van der Waals surface area contributed by atoms with Crippen LogP contribution in [0.4, 0.5) is 5.69 Å². The smallest absolute Gasteiger partial charge is 0.139 e. The van der Waals surface area contributed by atoms with Crippen LogP contribution in [0.1, 0.15) is 61.0 Å². The lowest BCUT2D eigenvalue weighted by Crippen LogP contribution is -2.46. The van der Waals surface area contributed by atoms with Crippen molar-refractivity contribution in [1.29, 1.82) is 0 Å². The Kier molecular flexibility index (Phi) is 7.26. The van der Waals surface area contributed by atoms with E-state index in [1.165, 1.54) is 53.6 Å². The molecule has 4 aliphatic rings. The Bertz CT molecular complexity index is 1260. The molecular formula is C30H43N9. The van der Waals surface area contributed by atoms with Crippen LogP contribution in [-0.2, 0) is 6.54 Å². The molecule has 3 aromatic rings. The summed E-state index contributed by atoms with van der Waals surface area (Å²) in [6.07, 6.45) is 12.6. The zero-order chi connectivity index (χ0) is 26.2. The lowest BCUT2D eigenvalue weighted by atomic mass is 9.81. The minimum atomic E-state index is 0.221. The Morgan fingerprint density at radius 1 is 1.05 bits per heavy atom. The quantitative estimate of drug-likeness (QED) is 0.319. The Morgan fingerprint density at radius 2 is 1.92 bits per heavy atom. The number of aromatic amines is 1. The first kappa shape index (κ1) is 25.4. The van der Waals surface area contributed by atoms with Crippen LogP contribution in [0.25, 0.3) is 11.0 Å². The maximum absolute atomic E-state index is 4.70. The fourth-order valence-corrected chi connectivity index (χ4v) is 7.29. The molecule has 0 spiro atoms. The topological polar surface area (TPSA) is 96.2 Å². The summed E-state index contributed by atoms with van der Waals surface area (Å²) in [6.45, 7) is 7.28. The molecule has 6 heterocycles. The first-order valence-electron chi connectivity index (χ1n) is 15.0. The predicted octanol–water partition coefficient (Wildman–Crippen LogP) is 2.86. The average Bonchev–Trinajstić information content (AvgIpc) is 3.73. The normalized spacial score (nSPS) is 28.4. The van der Waals surface area contributed by atoms with E-state index >= 15 is 0 Å². The Labute approximate surface area is 231 Å². The van der Waals surface area contributed by atoms with Crippen molar-refractivity contribution < 1.29 is 0 Å². The lowest BCUT2D eigenvalue weighted by Gasteiger charge is -2.34. The maximum atomic E-state index is 4.70. The van der Waals surface area contributed by atoms with Crippen LogP contribution in [0.5, 0.6) is 0 Å². The summed E-state index contributed by atoms with van der Waals surface area (Å²) < 4.78 is 0. The van der Waals surface area contributed by atoms with Crippen molar-refractivity contribution in [3.8, 4) is 0 Å². The number of nitrogens with zero attached hydrogens (tertiary/aromatic N) is 4. The van der Waals surface area contributed by atoms with Gasteiger partial charge in [-0.3, -0.25) is 10.4 Å². The molecule has 9 nitrogen and oxygen atoms in total. The minimum absolute atomic E-state index is 0.221. The number of piperidine rings is 1. The van der Waals surface area contributed by atoms with Crippen LogP contribution < -0.4 is 26.4 Å². The van der Waals surface area contributed by atoms with Gasteiger partial charge in [0.05, 0.1) is 6.04 Å². The summed E-state index contributed by atoms with van der Waals surface area (Å²) in [5, 5.41) is 8.71. The number of hydrogen-bond acceptors (Lipinski definition) is 8. The Hall–Kier alpha value is -2.56. The molecule has 3 aliphatic heterocycles. The van der Waals surface area contributed by atoms with Gasteiger partial charge in [0, 0.05) is 92.6 Å². The van der Waals surface area contributed by atoms with Crippen molar-refractivity contribution >= 4 is 16.7 Å². The predicted molar refractivity (Wildman–Crippen MR) is 155 cm³/mol. The first-order chi connectivity index (χ1) is 19.2. The van der Waals surface area contributed by atoms with Gasteiger partial charge in [0.15, 0.2) is 0 Å². The van der Waals surface area contributed by atoms with Gasteiger partial charge in [0.1, 0.15) is 5.65 Å². The number of anilines is 1. The van der Waals surface area contributed by atoms with Gasteiger partial charge in [0.2, 0.25) is 0 Å². The van der Waals surface area contributed by atoms with Crippen molar-refractivity contribution in [2.45, 2.75) is 56.8 Å². The summed E-state index contributed by atoms with van der Waals surface area (Å²) in [5.74, 6) is 1.33. The number of aromatic nitrogens is 3. The van der Waals surface area contributed by atoms with Gasteiger partial charge in [-0.05, 0) is 68.1 Å². The van der Waals surface area contributed by atoms with Gasteiger partial charge >= 0.3 is 0 Å². The van der Waals surface area contributed by atoms with Gasteiger partial charge in [-0.1, -0.05) is 12.8 Å². The monoisotopic (exact) mass is 529 g/mol. The van der Waals surface area contributed by atoms with E-state index in [0.717, 1.165) is 63.8 Å². The molecule has 39 heavy (non-hydrogen) atoms. The van der Waals surface area contributed by atoms with Gasteiger partial charge in [0.25, 0.3) is 0 Å². The molecule has 1 saturated carbocycles. The average molecular weight is 530 g/mol. The van der Waals surface area contributed by atoms with Crippen LogP contribution >= 0.6 is 0 Å². The van der Waals surface area contributed by atoms with Gasteiger partial charge in [-0.15, -0.1) is 0 Å². The molecule has 0 amide bonds. The molecule has 0 bridgehead atoms.